The van der Waals surface area contributed by atoms with E-state index in [4.69, 9.17) is 27.0 Å². The van der Waals surface area contributed by atoms with E-state index < -0.39 is 16.0 Å². The maximum Gasteiger partial charge on any atom is 2.00 e. The van der Waals surface area contributed by atoms with Gasteiger partial charge in [0.05, 0.1) is 25.2 Å². The van der Waals surface area contributed by atoms with Crippen molar-refractivity contribution in [2.75, 3.05) is 13.2 Å². The van der Waals surface area contributed by atoms with Gasteiger partial charge in [-0.2, -0.15) is 8.42 Å². The second kappa shape index (κ2) is 43.8. The molecule has 7 rings (SSSR count). The number of rotatable bonds is 12. The number of benzene rings is 5. The minimum atomic E-state index is -4.67. The Morgan fingerprint density at radius 3 is 1.51 bits per heavy atom. The van der Waals surface area contributed by atoms with Gasteiger partial charge in [0.25, 0.3) is 0 Å². The van der Waals surface area contributed by atoms with Crippen LogP contribution in [0.4, 0.5) is 0 Å². The minimum Gasteiger partial charge on any atom is -1.00 e. The van der Waals surface area contributed by atoms with E-state index in [1.54, 1.807) is 12.5 Å². The van der Waals surface area contributed by atoms with Crippen LogP contribution in [0.2, 0.25) is 0 Å². The summed E-state index contributed by atoms with van der Waals surface area (Å²) in [5.74, 6) is -0.00581. The first-order valence-corrected chi connectivity index (χ1v) is 31.0. The number of hydrogen-bond acceptors (Lipinski definition) is 8. The molecule has 5 aromatic rings. The van der Waals surface area contributed by atoms with Crippen molar-refractivity contribution in [2.45, 2.75) is 170 Å². The number of carbonyl (C=O) groups is 3. The van der Waals surface area contributed by atoms with Crippen molar-refractivity contribution < 1.29 is 63.5 Å². The molecule has 0 heterocycles. The molecule has 0 aliphatic heterocycles. The van der Waals surface area contributed by atoms with Gasteiger partial charge < -0.3 is 39.0 Å². The first-order chi connectivity index (χ1) is 35.5. The van der Waals surface area contributed by atoms with E-state index in [1.165, 1.54) is 46.0 Å². The van der Waals surface area contributed by atoms with Gasteiger partial charge in [-0.25, -0.2) is 0 Å². The summed E-state index contributed by atoms with van der Waals surface area (Å²) < 4.78 is 46.7. The molecule has 3 N–H and O–H groups in total. The summed E-state index contributed by atoms with van der Waals surface area (Å²) in [5, 5.41) is 9.54. The molecule has 0 fully saturated rings. The summed E-state index contributed by atoms with van der Waals surface area (Å²) in [7, 11) is -4.67. The third-order valence-corrected chi connectivity index (χ3v) is 14.2. The zero-order chi connectivity index (χ0) is 57.7. The third-order valence-electron chi connectivity index (χ3n) is 11.8. The van der Waals surface area contributed by atoms with Crippen LogP contribution in [0.1, 0.15) is 172 Å². The van der Waals surface area contributed by atoms with Gasteiger partial charge in [-0.1, -0.05) is 177 Å². The van der Waals surface area contributed by atoms with Crippen molar-refractivity contribution in [1.82, 2.24) is 0 Å². The van der Waals surface area contributed by atoms with Gasteiger partial charge in [-0.15, -0.1) is 0 Å². The van der Waals surface area contributed by atoms with Gasteiger partial charge in [-0.05, 0) is 190 Å². The van der Waals surface area contributed by atoms with Crippen molar-refractivity contribution in [3.05, 3.63) is 178 Å². The number of esters is 2. The van der Waals surface area contributed by atoms with Crippen LogP contribution >= 0.6 is 79.6 Å². The summed E-state index contributed by atoms with van der Waals surface area (Å²) in [6, 6.07) is 36.8. The molecule has 10 nitrogen and oxygen atoms in total. The van der Waals surface area contributed by atoms with E-state index in [1.807, 2.05) is 95.3 Å². The van der Waals surface area contributed by atoms with E-state index in [2.05, 4.69) is 156 Å². The molecule has 0 aromatic heterocycles. The second-order valence-electron chi connectivity index (χ2n) is 19.7. The zero-order valence-corrected chi connectivity index (χ0v) is 59.6. The SMILES string of the molecule is C.CC.CC(C)(O)CCCc1cccc(Br)c1.CC1(C)CCC(=O)c2cc(Br)ccc21.CC1(C)CCCc2cc(Br)ccc21.CCOC(=O)CCCc1cccc(Br)c1.CCOC(=O)Cc1cccc(Br)c1.O=S(=O)(O)O.[Br-].[CH3-].[Mg+2]. The fourth-order valence-corrected chi connectivity index (χ4v) is 10.2. The Balaban J connectivity index is -0.000000433. The zero-order valence-electron chi connectivity index (χ0n) is 47.9. The van der Waals surface area contributed by atoms with Crippen molar-refractivity contribution >= 4 is 131 Å². The Hall–Kier alpha value is -1.81. The molecule has 0 bridgehead atoms. The number of ketones is 1. The molecule has 2 aliphatic carbocycles. The summed E-state index contributed by atoms with van der Waals surface area (Å²) in [6.45, 7) is 21.3. The molecule has 444 valence electrons. The number of aliphatic hydroxyl groups is 1. The fourth-order valence-electron chi connectivity index (χ4n) is 8.12. The van der Waals surface area contributed by atoms with E-state index in [9.17, 15) is 19.5 Å². The summed E-state index contributed by atoms with van der Waals surface area (Å²) in [5.41, 5.74) is 8.69. The Morgan fingerprint density at radius 2 is 1.04 bits per heavy atom. The first-order valence-electron chi connectivity index (χ1n) is 25.6. The molecule has 18 heteroatoms. The van der Waals surface area contributed by atoms with Crippen LogP contribution in [0.3, 0.4) is 0 Å². The normalized spacial score (nSPS) is 12.8. The molecular weight excluding hydrogens is 1440 g/mol. The van der Waals surface area contributed by atoms with Crippen molar-refractivity contribution in [1.29, 1.82) is 0 Å². The maximum atomic E-state index is 11.7. The number of Topliss-reactive ketones (excluding diaryl/α,β-unsaturated/α-hetero) is 1. The monoisotopic (exact) mass is 1520 g/mol. The number of ether oxygens (including phenoxy) is 2. The smallest absolute Gasteiger partial charge is 1.00 e. The number of hydrogen-bond donors (Lipinski definition) is 3. The molecule has 0 radical (unpaired) electrons. The van der Waals surface area contributed by atoms with Crippen LogP contribution in [0, 0.1) is 7.43 Å². The molecule has 0 atom stereocenters. The second-order valence-corrected chi connectivity index (χ2v) is 25.2. The predicted octanol–water partition coefficient (Wildman–Crippen LogP) is 15.3. The molecular formula is C62H86Br6MgO10S. The van der Waals surface area contributed by atoms with Crippen molar-refractivity contribution in [2.24, 2.45) is 0 Å². The first kappa shape index (κ1) is 84.6. The van der Waals surface area contributed by atoms with E-state index in [0.717, 1.165) is 67.5 Å². The van der Waals surface area contributed by atoms with E-state index >= 15 is 0 Å². The number of fused-ring (bicyclic) bond motifs is 2. The van der Waals surface area contributed by atoms with Crippen LogP contribution in [0.5, 0.6) is 0 Å². The number of halogens is 6. The third kappa shape index (κ3) is 38.2. The maximum absolute atomic E-state index is 11.7. The molecule has 0 saturated heterocycles. The van der Waals surface area contributed by atoms with Gasteiger partial charge in [0.15, 0.2) is 5.78 Å². The Morgan fingerprint density at radius 1 is 0.625 bits per heavy atom. The minimum absolute atomic E-state index is 0. The Labute approximate surface area is 550 Å². The molecule has 80 heavy (non-hydrogen) atoms. The van der Waals surface area contributed by atoms with Crippen LogP contribution in [0.25, 0.3) is 0 Å². The molecule has 5 aromatic carbocycles. The van der Waals surface area contributed by atoms with Gasteiger partial charge in [0.1, 0.15) is 0 Å². The van der Waals surface area contributed by atoms with Gasteiger partial charge in [0, 0.05) is 40.8 Å². The van der Waals surface area contributed by atoms with Crippen molar-refractivity contribution in [3.8, 4) is 0 Å². The summed E-state index contributed by atoms with van der Waals surface area (Å²) in [6.07, 6.45) is 11.0. The standard InChI is InChI=1S/C12H15BrO2.C12H13BrO.C12H17BrO.C12H15Br.C10H11BrO2.C2H6.CH4.CH3.BrH.Mg.H2O4S/c1-2-15-12(14)8-4-6-10-5-3-7-11(13)9-10;1-12(2)6-5-11(14)9-7-8(13)3-4-10(9)12;1-12(2,14)8-4-6-10-5-3-7-11(13)9-10;1-12(2)7-3-4-9-8-10(13)5-6-11(9)12;1-2-13-10(12)7-8-4-3-5-9(11)6-8;1-2;;;;;1-5(2,3)4/h3,5,7,9H,2,4,6,8H2,1H3;3-4,7H,5-6H2,1-2H3;3,5,7,9,14H,4,6,8H2,1-2H3;5-6,8H,3-4,7H2,1-2H3;3-6H,2,7H2,1H3;1-2H3;1H4;1H3;1H;;(H2,1,2,3,4)/q;;;;;;;-1;;+2;/p-1. The van der Waals surface area contributed by atoms with Crippen LogP contribution < -0.4 is 17.0 Å². The molecule has 0 saturated carbocycles. The molecule has 0 spiro atoms. The number of carbonyl (C=O) groups excluding carboxylic acids is 3. The van der Waals surface area contributed by atoms with Gasteiger partial charge >= 0.3 is 45.4 Å². The van der Waals surface area contributed by atoms with Crippen LogP contribution in [-0.4, -0.2) is 82.2 Å². The molecule has 2 aliphatic rings. The molecule has 0 unspecified atom stereocenters. The van der Waals surface area contributed by atoms with Gasteiger partial charge in [-0.3, -0.25) is 23.5 Å². The average molecular weight is 1530 g/mol. The van der Waals surface area contributed by atoms with Crippen LogP contribution in [0.15, 0.2) is 132 Å². The Bertz CT molecular complexity index is 2670. The topological polar surface area (TPSA) is 164 Å². The quantitative estimate of drug-likeness (QED) is 0.0474. The van der Waals surface area contributed by atoms with Crippen LogP contribution in [-0.2, 0) is 66.0 Å². The van der Waals surface area contributed by atoms with Crippen molar-refractivity contribution in [3.63, 3.8) is 0 Å². The fraction of sp³-hybridized carbons (Fsp3) is 0.452. The summed E-state index contributed by atoms with van der Waals surface area (Å²) in [4.78, 5) is 33.9. The molecule has 0 amide bonds. The average Bonchev–Trinajstić information content (AvgIpc) is 3.31. The predicted molar refractivity (Wildman–Crippen MR) is 347 cm³/mol. The number of aryl methyl sites for hydroxylation is 3. The van der Waals surface area contributed by atoms with Gasteiger partial charge in [0.2, 0.25) is 0 Å². The summed E-state index contributed by atoms with van der Waals surface area (Å²) >= 11 is 17.1. The largest absolute Gasteiger partial charge is 2.00 e. The Kier molecular flexibility index (Phi) is 46.3. The van der Waals surface area contributed by atoms with E-state index in [-0.39, 0.29) is 78.0 Å². The van der Waals surface area contributed by atoms with E-state index in [0.29, 0.717) is 37.9 Å².